The lowest BCUT2D eigenvalue weighted by atomic mass is 10.1. The van der Waals surface area contributed by atoms with Gasteiger partial charge in [0.25, 0.3) is 5.91 Å². The maximum atomic E-state index is 13.2. The topological polar surface area (TPSA) is 105 Å². The second kappa shape index (κ2) is 11.0. The van der Waals surface area contributed by atoms with Gasteiger partial charge in [0.2, 0.25) is 15.9 Å². The fraction of sp³-hybridized carbons (Fsp3) is 0.385. The first-order valence-electron chi connectivity index (χ1n) is 11.9. The minimum atomic E-state index is -3.75. The van der Waals surface area contributed by atoms with Crippen LogP contribution in [-0.2, 0) is 27.7 Å². The molecule has 35 heavy (non-hydrogen) atoms. The number of nitrogens with zero attached hydrogens (tertiary/aromatic N) is 1. The third-order valence-corrected chi connectivity index (χ3v) is 8.28. The lowest BCUT2D eigenvalue weighted by Gasteiger charge is -2.24. The summed E-state index contributed by atoms with van der Waals surface area (Å²) in [6.45, 7) is 5.18. The first-order valence-corrected chi connectivity index (χ1v) is 13.4. The van der Waals surface area contributed by atoms with Crippen LogP contribution in [0.3, 0.4) is 0 Å². The molecule has 0 saturated carbocycles. The van der Waals surface area contributed by atoms with Gasteiger partial charge in [-0.25, -0.2) is 8.42 Å². The number of nitrogens with one attached hydrogen (secondary N) is 2. The van der Waals surface area contributed by atoms with Crippen molar-refractivity contribution < 1.29 is 22.7 Å². The van der Waals surface area contributed by atoms with Crippen molar-refractivity contribution in [3.63, 3.8) is 0 Å². The summed E-state index contributed by atoms with van der Waals surface area (Å²) in [5.74, 6) is 0.356. The monoisotopic (exact) mass is 497 g/mol. The SMILES string of the molecule is C=CC(=O)NC1CCCCN(S(=O)(=O)c2ccc(C(=O)NCCc3cccc4c3OCC4)cc2)C1. The maximum Gasteiger partial charge on any atom is 0.251 e. The van der Waals surface area contributed by atoms with Crippen molar-refractivity contribution >= 4 is 21.8 Å². The number of benzene rings is 2. The molecule has 0 aromatic heterocycles. The van der Waals surface area contributed by atoms with Crippen LogP contribution in [0.25, 0.3) is 0 Å². The molecule has 8 nitrogen and oxygen atoms in total. The predicted octanol–water partition coefficient (Wildman–Crippen LogP) is 2.44. The fourth-order valence-corrected chi connectivity index (χ4v) is 6.05. The van der Waals surface area contributed by atoms with E-state index in [4.69, 9.17) is 4.74 Å². The van der Waals surface area contributed by atoms with E-state index in [1.165, 1.54) is 40.2 Å². The van der Waals surface area contributed by atoms with Gasteiger partial charge in [0, 0.05) is 37.7 Å². The van der Waals surface area contributed by atoms with Gasteiger partial charge in [-0.2, -0.15) is 4.31 Å². The van der Waals surface area contributed by atoms with Crippen LogP contribution in [-0.4, -0.2) is 56.8 Å². The Labute approximate surface area is 206 Å². The number of ether oxygens (including phenoxy) is 1. The van der Waals surface area contributed by atoms with Crippen LogP contribution >= 0.6 is 0 Å². The number of amides is 2. The second-order valence-corrected chi connectivity index (χ2v) is 10.7. The molecule has 2 aromatic carbocycles. The summed E-state index contributed by atoms with van der Waals surface area (Å²) in [6.07, 6.45) is 5.00. The number of rotatable bonds is 8. The Balaban J connectivity index is 1.36. The Morgan fingerprint density at radius 1 is 1.14 bits per heavy atom. The van der Waals surface area contributed by atoms with Crippen LogP contribution in [0.5, 0.6) is 5.75 Å². The van der Waals surface area contributed by atoms with E-state index in [0.717, 1.165) is 30.6 Å². The zero-order valence-electron chi connectivity index (χ0n) is 19.7. The standard InChI is InChI=1S/C26H31N3O5S/c1-2-24(30)28-22-8-3-4-16-29(18-22)35(32,33)23-11-9-21(10-12-23)26(31)27-15-13-19-6-5-7-20-14-17-34-25(19)20/h2,5-7,9-12,22H,1,3-4,8,13-18H2,(H,27,31)(H,28,30). The Kier molecular flexibility index (Phi) is 7.87. The molecule has 9 heteroatoms. The van der Waals surface area contributed by atoms with Crippen molar-refractivity contribution in [2.75, 3.05) is 26.2 Å². The molecule has 0 spiro atoms. The molecule has 2 amide bonds. The highest BCUT2D eigenvalue weighted by atomic mass is 32.2. The van der Waals surface area contributed by atoms with Crippen LogP contribution in [0.2, 0.25) is 0 Å². The molecule has 0 radical (unpaired) electrons. The van der Waals surface area contributed by atoms with Gasteiger partial charge in [0.05, 0.1) is 11.5 Å². The number of hydrogen-bond donors (Lipinski definition) is 2. The minimum Gasteiger partial charge on any atom is -0.493 e. The zero-order valence-corrected chi connectivity index (χ0v) is 20.5. The van der Waals surface area contributed by atoms with Gasteiger partial charge >= 0.3 is 0 Å². The van der Waals surface area contributed by atoms with E-state index in [1.807, 2.05) is 12.1 Å². The molecular formula is C26H31N3O5S. The number of para-hydroxylation sites is 1. The van der Waals surface area contributed by atoms with Crippen molar-refractivity contribution in [3.05, 3.63) is 71.8 Å². The average molecular weight is 498 g/mol. The summed E-state index contributed by atoms with van der Waals surface area (Å²) in [4.78, 5) is 24.4. The highest BCUT2D eigenvalue weighted by Gasteiger charge is 2.29. The lowest BCUT2D eigenvalue weighted by molar-refractivity contribution is -0.117. The second-order valence-electron chi connectivity index (χ2n) is 8.80. The van der Waals surface area contributed by atoms with E-state index in [9.17, 15) is 18.0 Å². The van der Waals surface area contributed by atoms with Gasteiger partial charge in [-0.3, -0.25) is 9.59 Å². The van der Waals surface area contributed by atoms with Gasteiger partial charge in [-0.15, -0.1) is 0 Å². The van der Waals surface area contributed by atoms with Crippen molar-refractivity contribution in [1.82, 2.24) is 14.9 Å². The summed E-state index contributed by atoms with van der Waals surface area (Å²) in [6, 6.07) is 11.8. The first kappa shape index (κ1) is 24.9. The zero-order chi connectivity index (χ0) is 24.8. The van der Waals surface area contributed by atoms with Crippen molar-refractivity contribution in [3.8, 4) is 5.75 Å². The number of carbonyl (C=O) groups is 2. The minimum absolute atomic E-state index is 0.127. The smallest absolute Gasteiger partial charge is 0.251 e. The fourth-order valence-electron chi connectivity index (χ4n) is 4.52. The van der Waals surface area contributed by atoms with Gasteiger partial charge in [-0.05, 0) is 60.7 Å². The van der Waals surface area contributed by atoms with Gasteiger partial charge < -0.3 is 15.4 Å². The molecule has 1 saturated heterocycles. The predicted molar refractivity (Wildman–Crippen MR) is 133 cm³/mol. The lowest BCUT2D eigenvalue weighted by Crippen LogP contribution is -2.44. The molecule has 1 unspecified atom stereocenters. The molecule has 2 aromatic rings. The van der Waals surface area contributed by atoms with Crippen LogP contribution in [0, 0.1) is 0 Å². The van der Waals surface area contributed by atoms with Crippen LogP contribution in [0.1, 0.15) is 40.7 Å². The van der Waals surface area contributed by atoms with Crippen LogP contribution in [0.15, 0.2) is 60.0 Å². The van der Waals surface area contributed by atoms with Crippen LogP contribution in [0.4, 0.5) is 0 Å². The molecule has 2 heterocycles. The highest BCUT2D eigenvalue weighted by Crippen LogP contribution is 2.29. The molecule has 186 valence electrons. The molecule has 1 fully saturated rings. The maximum absolute atomic E-state index is 13.2. The molecule has 2 N–H and O–H groups in total. The normalized spacial score (nSPS) is 18.1. The Morgan fingerprint density at radius 3 is 2.71 bits per heavy atom. The number of hydrogen-bond acceptors (Lipinski definition) is 5. The Bertz CT molecular complexity index is 1190. The molecular weight excluding hydrogens is 466 g/mol. The Morgan fingerprint density at radius 2 is 1.94 bits per heavy atom. The van der Waals surface area contributed by atoms with Crippen molar-refractivity contribution in [2.24, 2.45) is 0 Å². The summed E-state index contributed by atoms with van der Waals surface area (Å²) >= 11 is 0. The van der Waals surface area contributed by atoms with Crippen LogP contribution < -0.4 is 15.4 Å². The third kappa shape index (κ3) is 5.91. The van der Waals surface area contributed by atoms with E-state index in [2.05, 4.69) is 23.3 Å². The van der Waals surface area contributed by atoms with Gasteiger partial charge in [0.15, 0.2) is 0 Å². The first-order chi connectivity index (χ1) is 16.9. The summed E-state index contributed by atoms with van der Waals surface area (Å²) in [5, 5.41) is 5.70. The number of carbonyl (C=O) groups excluding carboxylic acids is 2. The average Bonchev–Trinajstić information content (AvgIpc) is 3.23. The molecule has 2 aliphatic heterocycles. The van der Waals surface area contributed by atoms with E-state index in [-0.39, 0.29) is 29.3 Å². The Hall–Kier alpha value is -3.17. The van der Waals surface area contributed by atoms with E-state index >= 15 is 0 Å². The molecule has 0 aliphatic carbocycles. The number of fused-ring (bicyclic) bond motifs is 1. The van der Waals surface area contributed by atoms with E-state index < -0.39 is 10.0 Å². The third-order valence-electron chi connectivity index (χ3n) is 6.40. The van der Waals surface area contributed by atoms with Gasteiger partial charge in [0.1, 0.15) is 5.75 Å². The number of sulfonamides is 1. The van der Waals surface area contributed by atoms with E-state index in [1.54, 1.807) is 0 Å². The largest absolute Gasteiger partial charge is 0.493 e. The highest BCUT2D eigenvalue weighted by molar-refractivity contribution is 7.89. The van der Waals surface area contributed by atoms with Crippen molar-refractivity contribution in [1.29, 1.82) is 0 Å². The van der Waals surface area contributed by atoms with Gasteiger partial charge in [-0.1, -0.05) is 31.2 Å². The summed E-state index contributed by atoms with van der Waals surface area (Å²) in [5.41, 5.74) is 2.66. The molecule has 2 aliphatic rings. The summed E-state index contributed by atoms with van der Waals surface area (Å²) in [7, 11) is -3.75. The molecule has 4 rings (SSSR count). The quantitative estimate of drug-likeness (QED) is 0.545. The van der Waals surface area contributed by atoms with E-state index in [0.29, 0.717) is 38.1 Å². The van der Waals surface area contributed by atoms with Crippen molar-refractivity contribution in [2.45, 2.75) is 43.0 Å². The summed E-state index contributed by atoms with van der Waals surface area (Å²) < 4.78 is 33.6. The molecule has 1 atom stereocenters. The molecule has 0 bridgehead atoms.